The highest BCUT2D eigenvalue weighted by atomic mass is 16.5. The number of rotatable bonds is 7. The van der Waals surface area contributed by atoms with Crippen LogP contribution in [0.1, 0.15) is 5.56 Å². The molecule has 8 heteroatoms. The molecule has 1 aromatic carbocycles. The average Bonchev–Trinajstić information content (AvgIpc) is 3.40. The Labute approximate surface area is 174 Å². The molecule has 0 radical (unpaired) electrons. The molecule has 158 valence electrons. The molecule has 1 aromatic rings. The van der Waals surface area contributed by atoms with Crippen LogP contribution in [0.5, 0.6) is 5.75 Å². The van der Waals surface area contributed by atoms with Crippen molar-refractivity contribution in [2.45, 2.75) is 24.3 Å². The maximum absolute atomic E-state index is 13.3. The molecule has 0 aromatic heterocycles. The van der Waals surface area contributed by atoms with Crippen LogP contribution in [0.15, 0.2) is 49.1 Å². The zero-order chi connectivity index (χ0) is 21.5. The van der Waals surface area contributed by atoms with Crippen LogP contribution in [-0.2, 0) is 25.7 Å². The van der Waals surface area contributed by atoms with E-state index in [0.29, 0.717) is 6.54 Å². The van der Waals surface area contributed by atoms with Gasteiger partial charge in [0.2, 0.25) is 17.7 Å². The van der Waals surface area contributed by atoms with E-state index in [4.69, 9.17) is 9.47 Å². The molecule has 30 heavy (non-hydrogen) atoms. The van der Waals surface area contributed by atoms with Gasteiger partial charge in [-0.3, -0.25) is 14.4 Å². The van der Waals surface area contributed by atoms with Gasteiger partial charge in [-0.1, -0.05) is 30.4 Å². The first-order chi connectivity index (χ1) is 14.5. The van der Waals surface area contributed by atoms with Gasteiger partial charge >= 0.3 is 0 Å². The fourth-order valence-corrected chi connectivity index (χ4v) is 4.80. The third kappa shape index (κ3) is 2.90. The summed E-state index contributed by atoms with van der Waals surface area (Å²) in [7, 11) is 3.12. The molecular weight excluding hydrogens is 386 g/mol. The van der Waals surface area contributed by atoms with Crippen LogP contribution in [-0.4, -0.2) is 61.1 Å². The monoisotopic (exact) mass is 411 g/mol. The molecule has 3 heterocycles. The topological polar surface area (TPSA) is 97.0 Å². The quantitative estimate of drug-likeness (QED) is 0.633. The van der Waals surface area contributed by atoms with Crippen molar-refractivity contribution < 1.29 is 23.9 Å². The second-order valence-corrected chi connectivity index (χ2v) is 7.66. The van der Waals surface area contributed by atoms with Crippen LogP contribution in [0.2, 0.25) is 0 Å². The first-order valence-electron chi connectivity index (χ1n) is 9.87. The molecule has 4 rings (SSSR count). The standard InChI is InChI=1S/C22H25N3O5/c1-4-11-25-18(20(27)24-12-13-5-7-14(29-3)8-6-13)22-10-9-15(30-22)16(19(26)23-2)17(22)21(25)28/h4-10,15-18H,1,11-12H2,2-3H3,(H,23,26)(H,24,27)/t15-,16+,17+,18+,22+/m0/s1. The Kier molecular flexibility index (Phi) is 5.11. The molecule has 2 N–H and O–H groups in total. The molecule has 0 unspecified atom stereocenters. The van der Waals surface area contributed by atoms with Crippen LogP contribution < -0.4 is 15.4 Å². The number of hydrogen-bond donors (Lipinski definition) is 2. The summed E-state index contributed by atoms with van der Waals surface area (Å²) < 4.78 is 11.3. The summed E-state index contributed by atoms with van der Waals surface area (Å²) in [4.78, 5) is 40.4. The van der Waals surface area contributed by atoms with Crippen LogP contribution >= 0.6 is 0 Å². The van der Waals surface area contributed by atoms with E-state index in [1.807, 2.05) is 24.3 Å². The third-order valence-corrected chi connectivity index (χ3v) is 6.12. The van der Waals surface area contributed by atoms with Crippen molar-refractivity contribution in [2.75, 3.05) is 20.7 Å². The van der Waals surface area contributed by atoms with Gasteiger partial charge in [0.1, 0.15) is 17.4 Å². The van der Waals surface area contributed by atoms with Gasteiger partial charge in [0.15, 0.2) is 0 Å². The van der Waals surface area contributed by atoms with E-state index in [1.54, 1.807) is 25.3 Å². The minimum absolute atomic E-state index is 0.194. The molecule has 3 aliphatic heterocycles. The number of hydrogen-bond acceptors (Lipinski definition) is 5. The summed E-state index contributed by atoms with van der Waals surface area (Å²) in [6, 6.07) is 6.48. The summed E-state index contributed by atoms with van der Waals surface area (Å²) >= 11 is 0. The molecule has 2 fully saturated rings. The predicted molar refractivity (Wildman–Crippen MR) is 108 cm³/mol. The first kappa shape index (κ1) is 20.2. The van der Waals surface area contributed by atoms with Gasteiger partial charge in [-0.15, -0.1) is 6.58 Å². The summed E-state index contributed by atoms with van der Waals surface area (Å²) in [5.41, 5.74) is -0.250. The van der Waals surface area contributed by atoms with Gasteiger partial charge in [-0.05, 0) is 17.7 Å². The first-order valence-corrected chi connectivity index (χ1v) is 9.87. The van der Waals surface area contributed by atoms with E-state index >= 15 is 0 Å². The van der Waals surface area contributed by atoms with Gasteiger partial charge in [0.05, 0.1) is 25.0 Å². The van der Waals surface area contributed by atoms with E-state index in [9.17, 15) is 14.4 Å². The highest BCUT2D eigenvalue weighted by Gasteiger charge is 2.72. The Morgan fingerprint density at radius 1 is 1.30 bits per heavy atom. The molecule has 2 saturated heterocycles. The van der Waals surface area contributed by atoms with Crippen molar-refractivity contribution in [3.63, 3.8) is 0 Å². The van der Waals surface area contributed by atoms with E-state index in [1.165, 1.54) is 11.9 Å². The van der Waals surface area contributed by atoms with E-state index < -0.39 is 29.6 Å². The fourth-order valence-electron chi connectivity index (χ4n) is 4.80. The maximum Gasteiger partial charge on any atom is 0.246 e. The predicted octanol–water partition coefficient (Wildman–Crippen LogP) is 0.394. The van der Waals surface area contributed by atoms with Crippen molar-refractivity contribution in [1.82, 2.24) is 15.5 Å². The van der Waals surface area contributed by atoms with Crippen molar-refractivity contribution in [3.8, 4) is 5.75 Å². The highest BCUT2D eigenvalue weighted by molar-refractivity contribution is 5.99. The van der Waals surface area contributed by atoms with E-state index in [-0.39, 0.29) is 24.3 Å². The average molecular weight is 411 g/mol. The number of nitrogens with zero attached hydrogens (tertiary/aromatic N) is 1. The van der Waals surface area contributed by atoms with Gasteiger partial charge in [-0.25, -0.2) is 0 Å². The minimum atomic E-state index is -1.15. The smallest absolute Gasteiger partial charge is 0.246 e. The highest BCUT2D eigenvalue weighted by Crippen LogP contribution is 2.54. The van der Waals surface area contributed by atoms with Gasteiger partial charge in [0, 0.05) is 20.1 Å². The molecule has 1 spiro atoms. The maximum atomic E-state index is 13.3. The number of benzene rings is 1. The number of fused-ring (bicyclic) bond motifs is 1. The third-order valence-electron chi connectivity index (χ3n) is 6.12. The number of methoxy groups -OCH3 is 1. The fraction of sp³-hybridized carbons (Fsp3) is 0.409. The Hall–Kier alpha value is -3.13. The van der Waals surface area contributed by atoms with Gasteiger partial charge in [-0.2, -0.15) is 0 Å². The Balaban J connectivity index is 1.59. The molecule has 3 amide bonds. The lowest BCUT2D eigenvalue weighted by Gasteiger charge is -2.31. The summed E-state index contributed by atoms with van der Waals surface area (Å²) in [6.45, 7) is 4.20. The molecule has 0 saturated carbocycles. The number of nitrogens with one attached hydrogen (secondary N) is 2. The molecule has 0 aliphatic carbocycles. The lowest BCUT2D eigenvalue weighted by molar-refractivity contribution is -0.141. The van der Waals surface area contributed by atoms with Gasteiger partial charge < -0.3 is 25.0 Å². The molecular formula is C22H25N3O5. The molecule has 3 aliphatic rings. The van der Waals surface area contributed by atoms with Crippen LogP contribution in [0.4, 0.5) is 0 Å². The number of carbonyl (C=O) groups excluding carboxylic acids is 3. The van der Waals surface area contributed by atoms with Crippen molar-refractivity contribution in [3.05, 3.63) is 54.6 Å². The zero-order valence-electron chi connectivity index (χ0n) is 17.0. The number of amides is 3. The molecule has 8 nitrogen and oxygen atoms in total. The van der Waals surface area contributed by atoms with Gasteiger partial charge in [0.25, 0.3) is 0 Å². The Bertz CT molecular complexity index is 912. The van der Waals surface area contributed by atoms with Crippen LogP contribution in [0, 0.1) is 11.8 Å². The number of carbonyl (C=O) groups is 3. The van der Waals surface area contributed by atoms with E-state index in [0.717, 1.165) is 11.3 Å². The zero-order valence-corrected chi connectivity index (χ0v) is 17.0. The lowest BCUT2D eigenvalue weighted by atomic mass is 9.74. The molecule has 2 bridgehead atoms. The van der Waals surface area contributed by atoms with Crippen LogP contribution in [0.25, 0.3) is 0 Å². The van der Waals surface area contributed by atoms with Crippen LogP contribution in [0.3, 0.4) is 0 Å². The van der Waals surface area contributed by atoms with E-state index in [2.05, 4.69) is 17.2 Å². The van der Waals surface area contributed by atoms with Crippen molar-refractivity contribution in [1.29, 1.82) is 0 Å². The Morgan fingerprint density at radius 3 is 2.67 bits per heavy atom. The normalized spacial score (nSPS) is 30.9. The summed E-state index contributed by atoms with van der Waals surface area (Å²) in [5.74, 6) is -1.51. The Morgan fingerprint density at radius 2 is 2.03 bits per heavy atom. The van der Waals surface area contributed by atoms with Crippen molar-refractivity contribution in [2.24, 2.45) is 11.8 Å². The summed E-state index contributed by atoms with van der Waals surface area (Å²) in [6.07, 6.45) is 4.62. The second-order valence-electron chi connectivity index (χ2n) is 7.66. The largest absolute Gasteiger partial charge is 0.497 e. The molecule has 5 atom stereocenters. The SMILES string of the molecule is C=CCN1C(=O)[C@H]2[C@H](C(=O)NC)[C@@H]3C=C[C@]2(O3)[C@H]1C(=O)NCc1ccc(OC)cc1. The van der Waals surface area contributed by atoms with Crippen molar-refractivity contribution >= 4 is 17.7 Å². The summed E-state index contributed by atoms with van der Waals surface area (Å²) in [5, 5.41) is 5.53. The number of ether oxygens (including phenoxy) is 2. The minimum Gasteiger partial charge on any atom is -0.497 e. The second kappa shape index (κ2) is 7.60. The number of likely N-dealkylation sites (tertiary alicyclic amines) is 1. The lowest BCUT2D eigenvalue weighted by Crippen LogP contribution is -2.54.